The molecule has 2 unspecified atom stereocenters. The van der Waals surface area contributed by atoms with Gasteiger partial charge in [-0.15, -0.1) is 0 Å². The lowest BCUT2D eigenvalue weighted by atomic mass is 9.72. The molecule has 5 aliphatic heterocycles. The Morgan fingerprint density at radius 1 is 0.647 bits per heavy atom. The predicted octanol–water partition coefficient (Wildman–Crippen LogP) is 11.4. The van der Waals surface area contributed by atoms with E-state index < -0.39 is 161 Å². The van der Waals surface area contributed by atoms with Crippen LogP contribution in [0.3, 0.4) is 0 Å². The lowest BCUT2D eigenvalue weighted by Gasteiger charge is -2.47. The number of pyridine rings is 1. The highest BCUT2D eigenvalue weighted by atomic mass is 16.7. The van der Waals surface area contributed by atoms with Gasteiger partial charge in [-0.2, -0.15) is 0 Å². The Balaban J connectivity index is 0.000000291. The van der Waals surface area contributed by atoms with Crippen LogP contribution >= 0.6 is 0 Å². The molecule has 1 N–H and O–H groups in total. The van der Waals surface area contributed by atoms with Crippen molar-refractivity contribution in [2.75, 3.05) is 49.0 Å². The number of carbonyl (C=O) groups is 9. The summed E-state index contributed by atoms with van der Waals surface area (Å²) in [4.78, 5) is 145. The number of likely N-dealkylation sites (N-methyl/N-ethyl adjacent to an activating group) is 2. The smallest absolute Gasteiger partial charge is 0.420 e. The zero-order chi connectivity index (χ0) is 85.8. The Morgan fingerprint density at radius 2 is 1.21 bits per heavy atom. The van der Waals surface area contributed by atoms with Gasteiger partial charge < -0.3 is 76.5 Å². The second kappa shape index (κ2) is 40.2. The first kappa shape index (κ1) is 93.5. The maximum atomic E-state index is 14.9. The first-order valence-electron chi connectivity index (χ1n) is 41.1. The molecule has 29 nitrogen and oxygen atoms in total. The molecule has 0 radical (unpaired) electrons. The number of ether oxygens (including phenoxy) is 11. The molecule has 8 heterocycles. The summed E-state index contributed by atoms with van der Waals surface area (Å²) in [6.45, 7) is 30.9. The number of aliphatic hydroxyl groups is 1. The van der Waals surface area contributed by atoms with Gasteiger partial charge in [-0.25, -0.2) is 28.9 Å². The monoisotopic (exact) mass is 1620 g/mol. The molecule has 0 aliphatic carbocycles. The van der Waals surface area contributed by atoms with E-state index in [2.05, 4.69) is 19.5 Å². The van der Waals surface area contributed by atoms with Crippen LogP contribution < -0.4 is 0 Å². The summed E-state index contributed by atoms with van der Waals surface area (Å²) >= 11 is 0. The van der Waals surface area contributed by atoms with E-state index >= 15 is 0 Å². The molecule has 24 atom stereocenters. The predicted molar refractivity (Wildman–Crippen MR) is 429 cm³/mol. The van der Waals surface area contributed by atoms with E-state index in [-0.39, 0.29) is 80.0 Å². The van der Waals surface area contributed by atoms with E-state index in [0.717, 1.165) is 21.5 Å². The zero-order valence-electron chi connectivity index (χ0n) is 72.3. The second-order valence-corrected chi connectivity index (χ2v) is 33.4. The van der Waals surface area contributed by atoms with Gasteiger partial charge in [0.25, 0.3) is 0 Å². The summed E-state index contributed by atoms with van der Waals surface area (Å²) in [5.74, 6) is -10.1. The summed E-state index contributed by atoms with van der Waals surface area (Å²) in [5.41, 5.74) is -2.09. The average molecular weight is 1620 g/mol. The van der Waals surface area contributed by atoms with Crippen molar-refractivity contribution >= 4 is 53.2 Å². The number of Topliss-reactive ketones (excluding diaryl/α,β-unsaturated/α-hetero) is 4. The molecule has 642 valence electrons. The van der Waals surface area contributed by atoms with Crippen molar-refractivity contribution in [1.29, 1.82) is 0 Å². The Kier molecular flexibility index (Phi) is 32.4. The molecule has 0 saturated carbocycles. The Labute approximate surface area is 684 Å². The number of hydrogen-bond donors (Lipinski definition) is 1. The van der Waals surface area contributed by atoms with Crippen LogP contribution in [0, 0.1) is 48.3 Å². The number of rotatable bonds is 21. The number of unbranched alkanes of at least 4 members (excludes halogenated alkanes) is 1. The van der Waals surface area contributed by atoms with E-state index in [4.69, 9.17) is 52.1 Å². The van der Waals surface area contributed by atoms with E-state index in [1.807, 2.05) is 105 Å². The van der Waals surface area contributed by atoms with Gasteiger partial charge in [0.15, 0.2) is 47.2 Å². The maximum Gasteiger partial charge on any atom is 0.420 e. The molecule has 4 fully saturated rings. The maximum absolute atomic E-state index is 14.9. The van der Waals surface area contributed by atoms with Crippen LogP contribution in [-0.4, -0.2) is 248 Å². The molecule has 0 bridgehead atoms. The minimum atomic E-state index is -1.57. The number of fused-ring (bicyclic) bond motifs is 1. The summed E-state index contributed by atoms with van der Waals surface area (Å²) in [6.07, 6.45) is 4.13. The average Bonchev–Trinajstić information content (AvgIpc) is 1.56. The van der Waals surface area contributed by atoms with Crippen molar-refractivity contribution in [3.8, 4) is 11.3 Å². The molecule has 0 spiro atoms. The number of hydrogen-bond acceptors (Lipinski definition) is 26. The zero-order valence-corrected chi connectivity index (χ0v) is 72.3. The number of aliphatic hydroxyl groups excluding tert-OH is 1. The number of nitrogens with zero attached hydrogens (tertiary/aromatic N) is 8. The number of aromatic nitrogens is 5. The van der Waals surface area contributed by atoms with Crippen LogP contribution in [0.2, 0.25) is 0 Å². The summed E-state index contributed by atoms with van der Waals surface area (Å²) < 4.78 is 72.5. The van der Waals surface area contributed by atoms with Gasteiger partial charge in [0, 0.05) is 99.0 Å². The van der Waals surface area contributed by atoms with E-state index in [1.54, 1.807) is 109 Å². The number of imidazole rings is 2. The summed E-state index contributed by atoms with van der Waals surface area (Å²) in [7, 11) is 10.5. The molecule has 4 saturated heterocycles. The van der Waals surface area contributed by atoms with Crippen molar-refractivity contribution in [2.24, 2.45) is 41.4 Å². The fraction of sp³-hybridized carbons (Fsp3) is 0.678. The van der Waals surface area contributed by atoms with Crippen LogP contribution in [0.15, 0.2) is 91.6 Å². The van der Waals surface area contributed by atoms with Crippen molar-refractivity contribution < 1.29 is 100 Å². The first-order valence-corrected chi connectivity index (χ1v) is 41.1. The lowest BCUT2D eigenvalue weighted by Crippen LogP contribution is -2.61. The van der Waals surface area contributed by atoms with Gasteiger partial charge >= 0.3 is 30.1 Å². The van der Waals surface area contributed by atoms with Crippen LogP contribution in [0.5, 0.6) is 0 Å². The normalized spacial score (nSPS) is 35.2. The molecule has 9 rings (SSSR count). The Bertz CT molecular complexity index is 4030. The number of cyclic esters (lactones) is 2. The highest BCUT2D eigenvalue weighted by Crippen LogP contribution is 2.46. The first-order chi connectivity index (χ1) is 54.8. The van der Waals surface area contributed by atoms with E-state index in [1.165, 1.54) is 46.8 Å². The highest BCUT2D eigenvalue weighted by molar-refractivity contribution is 6.01. The minimum Gasteiger partial charge on any atom is -0.457 e. The number of amides is 1. The molecule has 29 heteroatoms. The lowest BCUT2D eigenvalue weighted by molar-refractivity contribution is -0.295. The van der Waals surface area contributed by atoms with Crippen LogP contribution in [0.4, 0.5) is 9.59 Å². The molecule has 3 aromatic heterocycles. The Hall–Kier alpha value is -8.00. The van der Waals surface area contributed by atoms with Gasteiger partial charge in [-0.1, -0.05) is 80.5 Å². The fourth-order valence-corrected chi connectivity index (χ4v) is 17.9. The van der Waals surface area contributed by atoms with Crippen molar-refractivity contribution in [3.63, 3.8) is 0 Å². The quantitative estimate of drug-likeness (QED) is 0.0350. The third kappa shape index (κ3) is 20.6. The molecule has 116 heavy (non-hydrogen) atoms. The number of allylic oxidation sites excluding steroid dienone is 1. The molecular weight excluding hydrogens is 1490 g/mol. The van der Waals surface area contributed by atoms with Crippen molar-refractivity contribution in [2.45, 2.75) is 290 Å². The van der Waals surface area contributed by atoms with Crippen LogP contribution in [0.25, 0.3) is 11.3 Å². The van der Waals surface area contributed by atoms with E-state index in [9.17, 15) is 48.3 Å². The SMILES string of the molecule is CC[C@H]1OC(=O)[C@H](C)C(=O)[C@H](C)[C@@H](OC2O[C@H](C)C[C@H](N(C)C)[C@H]2O)[C@@](C)(OC)C[C@@H](C)C(=O)[C@H](C)[C@H]2N(CCCCn3cnc(-c4cccnc4)c3C)C(=O)O[C@]12CC.CC[C@H]1OC(=O)[C@H](C)C(=O)[C@H](C)[C@@H](OC2O[C@H](C)C[C@H](N(C)C)[C@H]2OC(=O)c2ccccc2)[C@@](C)(OC)C[C@@H](C)C(=O)/C(C)=C/[C@]1(CC)OC(=O)n1ccnc1. The van der Waals surface area contributed by atoms with Gasteiger partial charge in [0.1, 0.15) is 42.3 Å². The number of ketones is 4. The molecule has 5 aliphatic rings. The topological polar surface area (TPSA) is 334 Å². The minimum absolute atomic E-state index is 0.0770. The second-order valence-electron chi connectivity index (χ2n) is 33.4. The number of aryl methyl sites for hydroxylation is 1. The molecule has 1 amide bonds. The third-order valence-corrected chi connectivity index (χ3v) is 24.8. The standard InChI is InChI=1S/C45H69N5O10.C42H59N3O11/c1-13-34-45(14-2)39(50(43(55)60-45)21-16-15-20-49-25-47-35(31(49)8)32-18-17-19-46-24-32)28(5)36(51)26(3)23-44(9,56-12)40(29(6)37(52)30(7)41(54)58-34)59-42-38(53)33(48(10)11)22-27(4)57-42;1-12-32-42(13-2,56-40(50)45-20-19-43-24-45)23-26(4)33(46)25(3)22-41(8,51-11)36(28(6)34(47)29(7)37(48)53-32)55-39-35(31(44(9)10)21-27(5)52-39)54-38(49)30-17-15-14-16-18-30/h17-19,24-30,33-34,38-40,42,53H,13-16,20-23H2,1-12H3;14-20,23-25,27-29,31-32,35-36,39H,12-13,21-22H2,1-11H3/b;26-23+/t26-,27-,28+,29+,30-,33+,34-,38-,39-,40-,42?,44+,45-;25-,27-,28+,29-,31+,32-,35-,36-,39?,41+,42+/m11/s1. The summed E-state index contributed by atoms with van der Waals surface area (Å²) in [5, 5.41) is 11.5. The summed E-state index contributed by atoms with van der Waals surface area (Å²) in [6, 6.07) is 11.1. The van der Waals surface area contributed by atoms with Gasteiger partial charge in [-0.3, -0.25) is 33.8 Å². The van der Waals surface area contributed by atoms with Crippen LogP contribution in [-0.2, 0) is 87.4 Å². The number of carbonyl (C=O) groups excluding carboxylic acids is 9. The van der Waals surface area contributed by atoms with Crippen LogP contribution in [0.1, 0.15) is 191 Å². The molecular formula is C87H128N8O21. The molecule has 1 aromatic carbocycles. The van der Waals surface area contributed by atoms with E-state index in [0.29, 0.717) is 44.3 Å². The third-order valence-electron chi connectivity index (χ3n) is 24.8. The van der Waals surface area contributed by atoms with Gasteiger partial charge in [0.2, 0.25) is 0 Å². The fourth-order valence-electron chi connectivity index (χ4n) is 17.9. The largest absolute Gasteiger partial charge is 0.457 e. The highest BCUT2D eigenvalue weighted by Gasteiger charge is 2.62. The van der Waals surface area contributed by atoms with Crippen molar-refractivity contribution in [3.05, 3.63) is 103 Å². The van der Waals surface area contributed by atoms with Crippen molar-refractivity contribution in [1.82, 2.24) is 38.8 Å². The number of esters is 3. The number of benzene rings is 1. The number of methoxy groups -OCH3 is 2. The Morgan fingerprint density at radius 3 is 1.74 bits per heavy atom. The van der Waals surface area contributed by atoms with Gasteiger partial charge in [-0.05, 0) is 184 Å². The molecule has 4 aromatic rings. The van der Waals surface area contributed by atoms with Gasteiger partial charge in [0.05, 0.1) is 65.3 Å².